The molecule has 7 heteroatoms. The first-order chi connectivity index (χ1) is 16.4. The van der Waals surface area contributed by atoms with Gasteiger partial charge in [0, 0.05) is 17.0 Å². The fraction of sp³-hybridized carbons (Fsp3) is 0.259. The molecule has 1 N–H and O–H groups in total. The van der Waals surface area contributed by atoms with E-state index in [4.69, 9.17) is 9.47 Å². The molecule has 1 aromatic heterocycles. The molecule has 2 heterocycles. The van der Waals surface area contributed by atoms with Gasteiger partial charge < -0.3 is 19.5 Å². The number of nitrogens with zero attached hydrogens (tertiary/aromatic N) is 1. The summed E-state index contributed by atoms with van der Waals surface area (Å²) >= 11 is 1.44. The van der Waals surface area contributed by atoms with Crippen LogP contribution in [0.3, 0.4) is 0 Å². The van der Waals surface area contributed by atoms with Gasteiger partial charge in [-0.25, -0.2) is 0 Å². The lowest BCUT2D eigenvalue weighted by Gasteiger charge is -2.24. The van der Waals surface area contributed by atoms with Gasteiger partial charge in [0.15, 0.2) is 0 Å². The highest BCUT2D eigenvalue weighted by Gasteiger charge is 2.46. The zero-order valence-electron chi connectivity index (χ0n) is 19.4. The van der Waals surface area contributed by atoms with Crippen molar-refractivity contribution in [3.05, 3.63) is 87.1 Å². The molecule has 1 amide bonds. The fourth-order valence-electron chi connectivity index (χ4n) is 4.08. The Bertz CT molecular complexity index is 1230. The fourth-order valence-corrected chi connectivity index (χ4v) is 4.92. The Hall–Kier alpha value is -3.58. The summed E-state index contributed by atoms with van der Waals surface area (Å²) in [5.41, 5.74) is 2.24. The first kappa shape index (κ1) is 23.6. The number of aryl methyl sites for hydroxylation is 1. The van der Waals surface area contributed by atoms with E-state index in [1.54, 1.807) is 25.3 Å². The molecular formula is C27H27NO5S. The van der Waals surface area contributed by atoms with Crippen molar-refractivity contribution in [1.82, 2.24) is 4.90 Å². The molecule has 3 aromatic rings. The van der Waals surface area contributed by atoms with Gasteiger partial charge in [-0.1, -0.05) is 25.1 Å². The van der Waals surface area contributed by atoms with E-state index in [1.807, 2.05) is 55.6 Å². The van der Waals surface area contributed by atoms with Crippen molar-refractivity contribution in [3.8, 4) is 11.5 Å². The number of Topliss-reactive ketones (excluding diaryl/α,β-unsaturated/α-hetero) is 1. The number of aliphatic hydroxyl groups excluding tert-OH is 1. The first-order valence-electron chi connectivity index (χ1n) is 11.1. The van der Waals surface area contributed by atoms with Crippen molar-refractivity contribution in [2.24, 2.45) is 0 Å². The van der Waals surface area contributed by atoms with Crippen LogP contribution in [-0.4, -0.2) is 35.4 Å². The van der Waals surface area contributed by atoms with Crippen LogP contribution >= 0.6 is 11.3 Å². The van der Waals surface area contributed by atoms with Crippen LogP contribution in [0.15, 0.2) is 65.6 Å². The highest BCUT2D eigenvalue weighted by atomic mass is 32.1. The molecule has 1 fully saturated rings. The number of carbonyl (C=O) groups excluding carboxylic acids is 2. The van der Waals surface area contributed by atoms with Gasteiger partial charge in [-0.2, -0.15) is 0 Å². The van der Waals surface area contributed by atoms with Gasteiger partial charge in [-0.15, -0.1) is 11.3 Å². The molecule has 34 heavy (non-hydrogen) atoms. The summed E-state index contributed by atoms with van der Waals surface area (Å²) in [6, 6.07) is 15.7. The first-order valence-corrected chi connectivity index (χ1v) is 12.0. The number of hydrogen-bond acceptors (Lipinski definition) is 6. The molecule has 0 saturated carbocycles. The summed E-state index contributed by atoms with van der Waals surface area (Å²) in [5.74, 6) is -0.116. The van der Waals surface area contributed by atoms with Crippen LogP contribution in [0.2, 0.25) is 0 Å². The van der Waals surface area contributed by atoms with Crippen molar-refractivity contribution in [2.45, 2.75) is 32.9 Å². The molecule has 1 unspecified atom stereocenters. The maximum Gasteiger partial charge on any atom is 0.295 e. The van der Waals surface area contributed by atoms with Gasteiger partial charge in [-0.3, -0.25) is 9.59 Å². The van der Waals surface area contributed by atoms with Crippen LogP contribution < -0.4 is 9.47 Å². The average Bonchev–Trinajstić information content (AvgIpc) is 3.46. The van der Waals surface area contributed by atoms with Gasteiger partial charge in [0.1, 0.15) is 17.3 Å². The van der Waals surface area contributed by atoms with Crippen molar-refractivity contribution in [1.29, 1.82) is 0 Å². The Morgan fingerprint density at radius 2 is 1.94 bits per heavy atom. The minimum absolute atomic E-state index is 0.0944. The second kappa shape index (κ2) is 10.1. The number of thiophene rings is 1. The molecule has 0 bridgehead atoms. The van der Waals surface area contributed by atoms with E-state index in [0.29, 0.717) is 17.9 Å². The van der Waals surface area contributed by atoms with Crippen LogP contribution in [0.1, 0.15) is 41.0 Å². The average molecular weight is 478 g/mol. The summed E-state index contributed by atoms with van der Waals surface area (Å²) in [6.45, 7) is 4.73. The summed E-state index contributed by atoms with van der Waals surface area (Å²) in [7, 11) is 1.58. The Kier molecular flexibility index (Phi) is 7.03. The summed E-state index contributed by atoms with van der Waals surface area (Å²) in [6.07, 6.45) is 0.888. The molecule has 1 saturated heterocycles. The third-order valence-electron chi connectivity index (χ3n) is 5.75. The molecule has 0 aliphatic carbocycles. The molecule has 1 aliphatic rings. The van der Waals surface area contributed by atoms with Crippen molar-refractivity contribution >= 4 is 28.8 Å². The minimum atomic E-state index is -0.692. The topological polar surface area (TPSA) is 76.1 Å². The molecule has 0 spiro atoms. The number of methoxy groups -OCH3 is 1. The number of benzene rings is 2. The SMILES string of the molecule is CCCOc1ccc(/C(O)=C2/C(=O)C(=O)N(Cc3cccc(OC)c3)C2c2cccs2)cc1C. The van der Waals surface area contributed by atoms with Crippen LogP contribution in [-0.2, 0) is 16.1 Å². The van der Waals surface area contributed by atoms with Gasteiger partial charge in [0.25, 0.3) is 11.7 Å². The highest BCUT2D eigenvalue weighted by Crippen LogP contribution is 2.42. The number of rotatable bonds is 8. The molecular weight excluding hydrogens is 450 g/mol. The molecule has 1 atom stereocenters. The number of amides is 1. The van der Waals surface area contributed by atoms with E-state index in [2.05, 4.69) is 0 Å². The molecule has 176 valence electrons. The Morgan fingerprint density at radius 1 is 1.12 bits per heavy atom. The highest BCUT2D eigenvalue weighted by molar-refractivity contribution is 7.10. The van der Waals surface area contributed by atoms with E-state index in [1.165, 1.54) is 16.2 Å². The second-order valence-corrected chi connectivity index (χ2v) is 9.10. The molecule has 0 radical (unpaired) electrons. The zero-order chi connectivity index (χ0) is 24.2. The predicted octanol–water partition coefficient (Wildman–Crippen LogP) is 5.48. The lowest BCUT2D eigenvalue weighted by Crippen LogP contribution is -2.28. The maximum absolute atomic E-state index is 13.2. The quantitative estimate of drug-likeness (QED) is 0.264. The summed E-state index contributed by atoms with van der Waals surface area (Å²) in [4.78, 5) is 28.7. The number of ketones is 1. The van der Waals surface area contributed by atoms with Gasteiger partial charge >= 0.3 is 0 Å². The van der Waals surface area contributed by atoms with Crippen LogP contribution in [0.5, 0.6) is 11.5 Å². The van der Waals surface area contributed by atoms with Crippen molar-refractivity contribution in [2.75, 3.05) is 13.7 Å². The molecule has 1 aliphatic heterocycles. The van der Waals surface area contributed by atoms with E-state index in [-0.39, 0.29) is 17.9 Å². The van der Waals surface area contributed by atoms with Crippen molar-refractivity contribution < 1.29 is 24.2 Å². The van der Waals surface area contributed by atoms with Crippen LogP contribution in [0, 0.1) is 6.92 Å². The van der Waals surface area contributed by atoms with Gasteiger partial charge in [0.05, 0.1) is 25.3 Å². The van der Waals surface area contributed by atoms with Gasteiger partial charge in [0.2, 0.25) is 0 Å². The monoisotopic (exact) mass is 477 g/mol. The number of likely N-dealkylation sites (tertiary alicyclic amines) is 1. The standard InChI is InChI=1S/C27H27NO5S/c1-4-12-33-21-11-10-19(14-17(21)2)25(29)23-24(22-9-6-13-34-22)28(27(31)26(23)30)16-18-7-5-8-20(15-18)32-3/h5-11,13-15,24,29H,4,12,16H2,1-3H3/b25-23-. The zero-order valence-corrected chi connectivity index (χ0v) is 20.2. The predicted molar refractivity (Wildman–Crippen MR) is 132 cm³/mol. The van der Waals surface area contributed by atoms with Crippen molar-refractivity contribution in [3.63, 3.8) is 0 Å². The largest absolute Gasteiger partial charge is 0.507 e. The number of hydrogen-bond donors (Lipinski definition) is 1. The van der Waals surface area contributed by atoms with E-state index in [9.17, 15) is 14.7 Å². The summed E-state index contributed by atoms with van der Waals surface area (Å²) < 4.78 is 11.0. The lowest BCUT2D eigenvalue weighted by molar-refractivity contribution is -0.140. The molecule has 4 rings (SSSR count). The van der Waals surface area contributed by atoms with E-state index < -0.39 is 17.7 Å². The summed E-state index contributed by atoms with van der Waals surface area (Å²) in [5, 5.41) is 13.2. The minimum Gasteiger partial charge on any atom is -0.507 e. The molecule has 6 nitrogen and oxygen atoms in total. The third-order valence-corrected chi connectivity index (χ3v) is 6.67. The third kappa shape index (κ3) is 4.56. The van der Waals surface area contributed by atoms with E-state index in [0.717, 1.165) is 28.2 Å². The van der Waals surface area contributed by atoms with E-state index >= 15 is 0 Å². The van der Waals surface area contributed by atoms with Gasteiger partial charge in [-0.05, 0) is 66.2 Å². The normalized spacial score (nSPS) is 17.3. The Balaban J connectivity index is 1.76. The van der Waals surface area contributed by atoms with Crippen LogP contribution in [0.4, 0.5) is 0 Å². The maximum atomic E-state index is 13.2. The molecule has 2 aromatic carbocycles. The number of carbonyl (C=O) groups is 2. The Labute approximate surface area is 203 Å². The Morgan fingerprint density at radius 3 is 2.62 bits per heavy atom. The second-order valence-electron chi connectivity index (χ2n) is 8.12. The number of aliphatic hydroxyl groups is 1. The van der Waals surface area contributed by atoms with Crippen LogP contribution in [0.25, 0.3) is 5.76 Å². The lowest BCUT2D eigenvalue weighted by atomic mass is 9.98. The number of ether oxygens (including phenoxy) is 2. The smallest absolute Gasteiger partial charge is 0.295 e.